The molecule has 0 fully saturated rings. The van der Waals surface area contributed by atoms with Gasteiger partial charge in [-0.3, -0.25) is 0 Å². The minimum atomic E-state index is -0.847. The summed E-state index contributed by atoms with van der Waals surface area (Å²) in [7, 11) is 0. The summed E-state index contributed by atoms with van der Waals surface area (Å²) in [5, 5.41) is 0.776. The average Bonchev–Trinajstić information content (AvgIpc) is 2.84. The molecule has 0 N–H and O–H groups in total. The van der Waals surface area contributed by atoms with E-state index in [0.29, 0.717) is 17.8 Å². The molecule has 1 unspecified atom stereocenters. The first-order valence-electron chi connectivity index (χ1n) is 12.2. The number of rotatable bonds is 13. The topological polar surface area (TPSA) is 35.0 Å². The number of hydrogen-bond acceptors (Lipinski definition) is 3. The Kier molecular flexibility index (Phi) is 9.89. The first-order chi connectivity index (χ1) is 16.5. The quantitative estimate of drug-likeness (QED) is 0.189. The minimum Gasteiger partial charge on any atom is -0.379 e. The Balaban J connectivity index is 1.61. The van der Waals surface area contributed by atoms with Crippen molar-refractivity contribution in [3.05, 3.63) is 78.3 Å². The van der Waals surface area contributed by atoms with Gasteiger partial charge in [-0.2, -0.15) is 0 Å². The zero-order valence-corrected chi connectivity index (χ0v) is 20.2. The van der Waals surface area contributed by atoms with E-state index in [1.165, 1.54) is 12.8 Å². The molecule has 0 saturated carbocycles. The number of aromatic nitrogens is 2. The summed E-state index contributed by atoms with van der Waals surface area (Å²) in [5.41, 5.74) is 1.83. The molecule has 0 aliphatic heterocycles. The number of benzene rings is 2. The molecule has 0 aliphatic carbocycles. The Bertz CT molecular complexity index is 1130. The molecular formula is C29H34F2N2O. The monoisotopic (exact) mass is 464 g/mol. The van der Waals surface area contributed by atoms with Gasteiger partial charge in [-0.25, -0.2) is 18.7 Å². The van der Waals surface area contributed by atoms with E-state index < -0.39 is 11.6 Å². The Morgan fingerprint density at radius 3 is 2.74 bits per heavy atom. The molecule has 0 amide bonds. The normalized spacial score (nSPS) is 12.5. The second kappa shape index (κ2) is 13.1. The zero-order chi connectivity index (χ0) is 24.3. The third-order valence-corrected chi connectivity index (χ3v) is 5.81. The molecule has 0 aliphatic rings. The van der Waals surface area contributed by atoms with Crippen LogP contribution in [-0.2, 0) is 11.2 Å². The predicted molar refractivity (Wildman–Crippen MR) is 137 cm³/mol. The van der Waals surface area contributed by atoms with E-state index in [0.717, 1.165) is 43.2 Å². The molecule has 3 rings (SSSR count). The maximum atomic E-state index is 14.9. The number of fused-ring (bicyclic) bond motifs is 1. The average molecular weight is 465 g/mol. The van der Waals surface area contributed by atoms with E-state index in [-0.39, 0.29) is 17.2 Å². The van der Waals surface area contributed by atoms with Gasteiger partial charge in [-0.15, -0.1) is 6.58 Å². The van der Waals surface area contributed by atoms with E-state index in [4.69, 9.17) is 4.74 Å². The third kappa shape index (κ3) is 7.04. The van der Waals surface area contributed by atoms with Crippen LogP contribution in [0.1, 0.15) is 63.8 Å². The van der Waals surface area contributed by atoms with Gasteiger partial charge in [0.2, 0.25) is 0 Å². The second-order valence-corrected chi connectivity index (χ2v) is 8.60. The van der Waals surface area contributed by atoms with Gasteiger partial charge < -0.3 is 4.74 Å². The van der Waals surface area contributed by atoms with Crippen LogP contribution in [0.25, 0.3) is 28.1 Å². The number of nitrogens with zero attached hydrogens (tertiary/aromatic N) is 2. The van der Waals surface area contributed by atoms with Gasteiger partial charge in [0.05, 0.1) is 11.6 Å². The third-order valence-electron chi connectivity index (χ3n) is 5.81. The highest BCUT2D eigenvalue weighted by atomic mass is 19.2. The maximum absolute atomic E-state index is 14.9. The summed E-state index contributed by atoms with van der Waals surface area (Å²) >= 11 is 0. The van der Waals surface area contributed by atoms with E-state index in [9.17, 15) is 8.78 Å². The van der Waals surface area contributed by atoms with Gasteiger partial charge in [0.15, 0.2) is 11.6 Å². The fraction of sp³-hybridized carbons (Fsp3) is 0.379. The fourth-order valence-corrected chi connectivity index (χ4v) is 3.84. The van der Waals surface area contributed by atoms with Crippen LogP contribution in [0.5, 0.6) is 0 Å². The van der Waals surface area contributed by atoms with E-state index in [1.807, 2.05) is 6.08 Å². The maximum Gasteiger partial charge on any atom is 0.167 e. The lowest BCUT2D eigenvalue weighted by Crippen LogP contribution is -2.08. The standard InChI is InChI=1S/C29H34F2N2O/c1-4-6-10-18-34-21(3)12-8-7-9-13-22-14-16-25(29(31)28(22)30)23-15-17-26-24(19-23)20-32-27(33-26)11-5-2/h5,9,13-17,19-21H,2,4,6-8,10-12,18H2,1,3H3. The first-order valence-corrected chi connectivity index (χ1v) is 12.2. The molecule has 180 valence electrons. The van der Waals surface area contributed by atoms with Crippen molar-refractivity contribution in [1.29, 1.82) is 0 Å². The number of hydrogen-bond donors (Lipinski definition) is 0. The molecule has 0 saturated heterocycles. The lowest BCUT2D eigenvalue weighted by Gasteiger charge is -2.12. The van der Waals surface area contributed by atoms with Crippen molar-refractivity contribution in [1.82, 2.24) is 9.97 Å². The van der Waals surface area contributed by atoms with Crippen molar-refractivity contribution in [2.75, 3.05) is 6.61 Å². The molecule has 5 heteroatoms. The van der Waals surface area contributed by atoms with Crippen molar-refractivity contribution in [2.24, 2.45) is 0 Å². The van der Waals surface area contributed by atoms with Crippen LogP contribution in [-0.4, -0.2) is 22.7 Å². The molecule has 3 aromatic rings. The van der Waals surface area contributed by atoms with Crippen molar-refractivity contribution in [3.8, 4) is 11.1 Å². The highest BCUT2D eigenvalue weighted by molar-refractivity contribution is 5.84. The first kappa shape index (κ1) is 25.7. The molecular weight excluding hydrogens is 430 g/mol. The molecule has 1 heterocycles. The van der Waals surface area contributed by atoms with E-state index >= 15 is 0 Å². The van der Waals surface area contributed by atoms with Crippen molar-refractivity contribution >= 4 is 17.0 Å². The fourth-order valence-electron chi connectivity index (χ4n) is 3.84. The number of ether oxygens (including phenoxy) is 1. The van der Waals surface area contributed by atoms with Crippen LogP contribution in [0.3, 0.4) is 0 Å². The number of allylic oxidation sites excluding steroid dienone is 2. The van der Waals surface area contributed by atoms with Crippen LogP contribution < -0.4 is 0 Å². The van der Waals surface area contributed by atoms with Crippen molar-refractivity contribution < 1.29 is 13.5 Å². The van der Waals surface area contributed by atoms with Crippen LogP contribution in [0.15, 0.2) is 55.3 Å². The van der Waals surface area contributed by atoms with Gasteiger partial charge in [-0.05, 0) is 50.3 Å². The van der Waals surface area contributed by atoms with E-state index in [1.54, 1.807) is 48.7 Å². The molecule has 2 aromatic carbocycles. The molecule has 0 spiro atoms. The lowest BCUT2D eigenvalue weighted by atomic mass is 10.0. The Morgan fingerprint density at radius 2 is 1.94 bits per heavy atom. The van der Waals surface area contributed by atoms with Gasteiger partial charge in [-0.1, -0.05) is 56.2 Å². The summed E-state index contributed by atoms with van der Waals surface area (Å²) in [6.45, 7) is 8.77. The molecule has 3 nitrogen and oxygen atoms in total. The highest BCUT2D eigenvalue weighted by Crippen LogP contribution is 2.29. The van der Waals surface area contributed by atoms with Gasteiger partial charge >= 0.3 is 0 Å². The van der Waals surface area contributed by atoms with Crippen molar-refractivity contribution in [2.45, 2.75) is 64.9 Å². The summed E-state index contributed by atoms with van der Waals surface area (Å²) in [6, 6.07) is 8.59. The van der Waals surface area contributed by atoms with Gasteiger partial charge in [0.25, 0.3) is 0 Å². The van der Waals surface area contributed by atoms with Crippen LogP contribution in [0, 0.1) is 11.6 Å². The van der Waals surface area contributed by atoms with Crippen molar-refractivity contribution in [3.63, 3.8) is 0 Å². The summed E-state index contributed by atoms with van der Waals surface area (Å²) in [4.78, 5) is 8.77. The predicted octanol–water partition coefficient (Wildman–Crippen LogP) is 8.08. The number of halogens is 2. The number of unbranched alkanes of at least 4 members (excludes halogenated alkanes) is 3. The zero-order valence-electron chi connectivity index (χ0n) is 20.2. The van der Waals surface area contributed by atoms with Gasteiger partial charge in [0, 0.05) is 35.7 Å². The Labute approximate surface area is 201 Å². The van der Waals surface area contributed by atoms with E-state index in [2.05, 4.69) is 30.4 Å². The largest absolute Gasteiger partial charge is 0.379 e. The molecule has 0 radical (unpaired) electrons. The summed E-state index contributed by atoms with van der Waals surface area (Å²) in [5.74, 6) is -1.00. The van der Waals surface area contributed by atoms with Crippen LogP contribution in [0.2, 0.25) is 0 Å². The molecule has 34 heavy (non-hydrogen) atoms. The summed E-state index contributed by atoms with van der Waals surface area (Å²) in [6.07, 6.45) is 14.0. The second-order valence-electron chi connectivity index (χ2n) is 8.60. The minimum absolute atomic E-state index is 0.222. The molecule has 1 aromatic heterocycles. The van der Waals surface area contributed by atoms with Crippen LogP contribution in [0.4, 0.5) is 8.78 Å². The SMILES string of the molecule is C=CCc1ncc2cc(-c3ccc(C=CCCCC(C)OCCCCC)c(F)c3F)ccc2n1. The van der Waals surface area contributed by atoms with Gasteiger partial charge in [0.1, 0.15) is 5.82 Å². The Hall–Kier alpha value is -2.92. The Morgan fingerprint density at radius 1 is 1.09 bits per heavy atom. The lowest BCUT2D eigenvalue weighted by molar-refractivity contribution is 0.0566. The summed E-state index contributed by atoms with van der Waals surface area (Å²) < 4.78 is 35.5. The molecule has 0 bridgehead atoms. The van der Waals surface area contributed by atoms with Crippen LogP contribution >= 0.6 is 0 Å². The molecule has 1 atom stereocenters. The smallest absolute Gasteiger partial charge is 0.167 e. The highest BCUT2D eigenvalue weighted by Gasteiger charge is 2.14.